The first-order valence-electron chi connectivity index (χ1n) is 6.39. The van der Waals surface area contributed by atoms with Gasteiger partial charge in [0.2, 0.25) is 5.92 Å². The maximum Gasteiger partial charge on any atom is 0.248 e. The quantitative estimate of drug-likeness (QED) is 0.784. The molecule has 0 amide bonds. The first-order chi connectivity index (χ1) is 7.55. The molecule has 0 spiro atoms. The maximum atomic E-state index is 13.3. The third-order valence-corrected chi connectivity index (χ3v) is 3.71. The van der Waals surface area contributed by atoms with Crippen molar-refractivity contribution in [2.75, 3.05) is 26.2 Å². The monoisotopic (exact) mass is 232 g/mol. The molecular weight excluding hydrogens is 210 g/mol. The van der Waals surface area contributed by atoms with Crippen LogP contribution in [0.15, 0.2) is 0 Å². The highest BCUT2D eigenvalue weighted by Crippen LogP contribution is 2.36. The van der Waals surface area contributed by atoms with E-state index in [0.717, 1.165) is 32.6 Å². The van der Waals surface area contributed by atoms with Crippen molar-refractivity contribution in [3.63, 3.8) is 0 Å². The number of halogens is 2. The minimum Gasteiger partial charge on any atom is -0.312 e. The Labute approximate surface area is 96.4 Å². The molecule has 1 heterocycles. The van der Waals surface area contributed by atoms with Gasteiger partial charge in [0, 0.05) is 45.1 Å². The smallest absolute Gasteiger partial charge is 0.248 e. The molecule has 2 aliphatic rings. The molecule has 1 aliphatic heterocycles. The van der Waals surface area contributed by atoms with Gasteiger partial charge in [0.05, 0.1) is 0 Å². The summed E-state index contributed by atoms with van der Waals surface area (Å²) in [5, 5.41) is 3.38. The lowest BCUT2D eigenvalue weighted by Gasteiger charge is -2.37. The number of hydrogen-bond donors (Lipinski definition) is 1. The Hall–Kier alpha value is -0.220. The fraction of sp³-hybridized carbons (Fsp3) is 1.00. The van der Waals surface area contributed by atoms with Gasteiger partial charge in [-0.2, -0.15) is 0 Å². The number of alkyl halides is 2. The van der Waals surface area contributed by atoms with Crippen molar-refractivity contribution in [3.05, 3.63) is 0 Å². The van der Waals surface area contributed by atoms with E-state index in [4.69, 9.17) is 0 Å². The summed E-state index contributed by atoms with van der Waals surface area (Å²) >= 11 is 0. The van der Waals surface area contributed by atoms with Crippen LogP contribution in [-0.4, -0.2) is 43.0 Å². The van der Waals surface area contributed by atoms with Crippen molar-refractivity contribution in [2.45, 2.75) is 44.6 Å². The van der Waals surface area contributed by atoms with Crippen LogP contribution in [0.25, 0.3) is 0 Å². The SMILES string of the molecule is C[C@@H]1CN(CC2CCCC(F)(F)C2)CCN1. The van der Waals surface area contributed by atoms with E-state index in [-0.39, 0.29) is 18.8 Å². The van der Waals surface area contributed by atoms with Crippen molar-refractivity contribution in [1.29, 1.82) is 0 Å². The van der Waals surface area contributed by atoms with Crippen molar-refractivity contribution < 1.29 is 8.78 Å². The van der Waals surface area contributed by atoms with Crippen LogP contribution in [0.3, 0.4) is 0 Å². The van der Waals surface area contributed by atoms with Crippen LogP contribution in [0.5, 0.6) is 0 Å². The Balaban J connectivity index is 1.80. The molecule has 1 aliphatic carbocycles. The Morgan fingerprint density at radius 3 is 2.94 bits per heavy atom. The molecule has 1 N–H and O–H groups in total. The van der Waals surface area contributed by atoms with E-state index >= 15 is 0 Å². The average molecular weight is 232 g/mol. The molecule has 2 nitrogen and oxygen atoms in total. The van der Waals surface area contributed by atoms with Gasteiger partial charge in [0.25, 0.3) is 0 Å². The van der Waals surface area contributed by atoms with E-state index in [1.54, 1.807) is 0 Å². The molecule has 1 saturated carbocycles. The van der Waals surface area contributed by atoms with Crippen LogP contribution in [0, 0.1) is 5.92 Å². The molecule has 1 saturated heterocycles. The van der Waals surface area contributed by atoms with Gasteiger partial charge in [-0.3, -0.25) is 0 Å². The fourth-order valence-corrected chi connectivity index (χ4v) is 2.97. The number of nitrogens with zero attached hydrogens (tertiary/aromatic N) is 1. The predicted octanol–water partition coefficient (Wildman–Crippen LogP) is 2.11. The van der Waals surface area contributed by atoms with Gasteiger partial charge in [0.15, 0.2) is 0 Å². The molecule has 94 valence electrons. The standard InChI is InChI=1S/C12H22F2N2/c1-10-8-16(6-5-15-10)9-11-3-2-4-12(13,14)7-11/h10-11,15H,2-9H2,1H3/t10-,11?/m1/s1. The Morgan fingerprint density at radius 2 is 2.25 bits per heavy atom. The number of piperazine rings is 1. The summed E-state index contributed by atoms with van der Waals surface area (Å²) in [4.78, 5) is 2.34. The normalized spacial score (nSPS) is 36.2. The molecule has 0 aromatic rings. The second-order valence-corrected chi connectivity index (χ2v) is 5.43. The fourth-order valence-electron chi connectivity index (χ4n) is 2.97. The van der Waals surface area contributed by atoms with Gasteiger partial charge in [-0.1, -0.05) is 0 Å². The van der Waals surface area contributed by atoms with Crippen LogP contribution in [0.2, 0.25) is 0 Å². The molecule has 1 unspecified atom stereocenters. The van der Waals surface area contributed by atoms with Gasteiger partial charge in [-0.05, 0) is 25.7 Å². The van der Waals surface area contributed by atoms with Crippen molar-refractivity contribution in [2.24, 2.45) is 5.92 Å². The molecular formula is C12H22F2N2. The zero-order chi connectivity index (χ0) is 11.6. The van der Waals surface area contributed by atoms with E-state index in [2.05, 4.69) is 17.1 Å². The molecule has 0 bridgehead atoms. The summed E-state index contributed by atoms with van der Waals surface area (Å²) in [5.41, 5.74) is 0. The summed E-state index contributed by atoms with van der Waals surface area (Å²) in [6.07, 6.45) is 1.87. The van der Waals surface area contributed by atoms with Gasteiger partial charge in [0.1, 0.15) is 0 Å². The number of rotatable bonds is 2. The molecule has 4 heteroatoms. The van der Waals surface area contributed by atoms with Gasteiger partial charge in [-0.25, -0.2) is 8.78 Å². The van der Waals surface area contributed by atoms with E-state index in [0.29, 0.717) is 12.5 Å². The second kappa shape index (κ2) is 4.96. The molecule has 0 aromatic heterocycles. The predicted molar refractivity (Wildman–Crippen MR) is 60.8 cm³/mol. The van der Waals surface area contributed by atoms with Crippen LogP contribution >= 0.6 is 0 Å². The van der Waals surface area contributed by atoms with E-state index in [1.807, 2.05) is 0 Å². The Kier molecular flexibility index (Phi) is 3.80. The lowest BCUT2D eigenvalue weighted by Crippen LogP contribution is -2.50. The Morgan fingerprint density at radius 1 is 1.44 bits per heavy atom. The largest absolute Gasteiger partial charge is 0.312 e. The van der Waals surface area contributed by atoms with E-state index < -0.39 is 5.92 Å². The molecule has 0 aromatic carbocycles. The van der Waals surface area contributed by atoms with Gasteiger partial charge < -0.3 is 10.2 Å². The lowest BCUT2D eigenvalue weighted by atomic mass is 9.86. The summed E-state index contributed by atoms with van der Waals surface area (Å²) < 4.78 is 26.5. The van der Waals surface area contributed by atoms with Crippen molar-refractivity contribution >= 4 is 0 Å². The van der Waals surface area contributed by atoms with Crippen molar-refractivity contribution in [1.82, 2.24) is 10.2 Å². The molecule has 2 atom stereocenters. The van der Waals surface area contributed by atoms with E-state index in [1.165, 1.54) is 0 Å². The second-order valence-electron chi connectivity index (χ2n) is 5.43. The summed E-state index contributed by atoms with van der Waals surface area (Å²) in [6, 6.07) is 0.498. The summed E-state index contributed by atoms with van der Waals surface area (Å²) in [7, 11) is 0. The van der Waals surface area contributed by atoms with E-state index in [9.17, 15) is 8.78 Å². The molecule has 0 radical (unpaired) electrons. The van der Waals surface area contributed by atoms with Crippen LogP contribution in [0.1, 0.15) is 32.6 Å². The number of nitrogens with one attached hydrogen (secondary N) is 1. The first kappa shape index (κ1) is 12.2. The minimum atomic E-state index is -2.40. The average Bonchev–Trinajstić information content (AvgIpc) is 2.15. The number of hydrogen-bond acceptors (Lipinski definition) is 2. The van der Waals surface area contributed by atoms with Crippen LogP contribution < -0.4 is 5.32 Å². The molecule has 2 rings (SSSR count). The Bertz CT molecular complexity index is 233. The third-order valence-electron chi connectivity index (χ3n) is 3.71. The highest BCUT2D eigenvalue weighted by Gasteiger charge is 2.36. The summed E-state index contributed by atoms with van der Waals surface area (Å²) in [5.74, 6) is -2.20. The third kappa shape index (κ3) is 3.39. The summed E-state index contributed by atoms with van der Waals surface area (Å²) in [6.45, 7) is 6.02. The molecule has 2 fully saturated rings. The van der Waals surface area contributed by atoms with Crippen LogP contribution in [-0.2, 0) is 0 Å². The molecule has 16 heavy (non-hydrogen) atoms. The van der Waals surface area contributed by atoms with Gasteiger partial charge >= 0.3 is 0 Å². The minimum absolute atomic E-state index is 0.0987. The van der Waals surface area contributed by atoms with Gasteiger partial charge in [-0.15, -0.1) is 0 Å². The maximum absolute atomic E-state index is 13.3. The zero-order valence-electron chi connectivity index (χ0n) is 10.0. The highest BCUT2D eigenvalue weighted by molar-refractivity contribution is 4.83. The zero-order valence-corrected chi connectivity index (χ0v) is 10.0. The first-order valence-corrected chi connectivity index (χ1v) is 6.39. The van der Waals surface area contributed by atoms with Crippen molar-refractivity contribution in [3.8, 4) is 0 Å². The topological polar surface area (TPSA) is 15.3 Å². The highest BCUT2D eigenvalue weighted by atomic mass is 19.3. The van der Waals surface area contributed by atoms with Crippen LogP contribution in [0.4, 0.5) is 8.78 Å². The lowest BCUT2D eigenvalue weighted by molar-refractivity contribution is -0.0576.